The molecule has 0 bridgehead atoms. The van der Waals surface area contributed by atoms with Crippen molar-refractivity contribution in [3.05, 3.63) is 59.7 Å². The van der Waals surface area contributed by atoms with Gasteiger partial charge in [-0.2, -0.15) is 0 Å². The molecule has 1 aromatic heterocycles. The summed E-state index contributed by atoms with van der Waals surface area (Å²) >= 11 is 1.69. The molecule has 6 heteroatoms. The van der Waals surface area contributed by atoms with Crippen LogP contribution in [0, 0.1) is 13.8 Å². The molecule has 0 radical (unpaired) electrons. The van der Waals surface area contributed by atoms with Gasteiger partial charge in [0.15, 0.2) is 11.0 Å². The van der Waals surface area contributed by atoms with E-state index in [1.807, 2.05) is 18.2 Å². The van der Waals surface area contributed by atoms with E-state index in [1.165, 1.54) is 11.1 Å². The van der Waals surface area contributed by atoms with E-state index >= 15 is 0 Å². The number of aliphatic hydroxyl groups excluding tert-OH is 1. The van der Waals surface area contributed by atoms with Crippen molar-refractivity contribution in [2.24, 2.45) is 0 Å². The van der Waals surface area contributed by atoms with Gasteiger partial charge in [0.25, 0.3) is 0 Å². The molecule has 26 heavy (non-hydrogen) atoms. The van der Waals surface area contributed by atoms with Gasteiger partial charge in [0.2, 0.25) is 0 Å². The molecule has 0 aliphatic rings. The molecule has 0 atom stereocenters. The summed E-state index contributed by atoms with van der Waals surface area (Å²) in [7, 11) is 0. The van der Waals surface area contributed by atoms with Crippen molar-refractivity contribution in [3.63, 3.8) is 0 Å². The third-order valence-electron chi connectivity index (χ3n) is 4.30. The summed E-state index contributed by atoms with van der Waals surface area (Å²) < 4.78 is 2.14. The molecule has 0 fully saturated rings. The summed E-state index contributed by atoms with van der Waals surface area (Å²) in [6.07, 6.45) is 0. The highest BCUT2D eigenvalue weighted by atomic mass is 32.2. The summed E-state index contributed by atoms with van der Waals surface area (Å²) in [5.74, 6) is 1.77. The molecule has 0 aliphatic carbocycles. The van der Waals surface area contributed by atoms with Crippen LogP contribution in [0.15, 0.2) is 53.7 Å². The predicted molar refractivity (Wildman–Crippen MR) is 106 cm³/mol. The van der Waals surface area contributed by atoms with Crippen LogP contribution < -0.4 is 5.32 Å². The lowest BCUT2D eigenvalue weighted by Gasteiger charge is -2.12. The Bertz CT molecular complexity index is 848. The lowest BCUT2D eigenvalue weighted by atomic mass is 10.1. The first kappa shape index (κ1) is 18.6. The predicted octanol–water partition coefficient (Wildman–Crippen LogP) is 2.20. The molecule has 1 heterocycles. The summed E-state index contributed by atoms with van der Waals surface area (Å²) in [5, 5.41) is 20.8. The summed E-state index contributed by atoms with van der Waals surface area (Å²) in [6.45, 7) is 6.13. The molecule has 3 rings (SSSR count). The molecular formula is C20H25N4OS+. The van der Waals surface area contributed by atoms with Crippen molar-refractivity contribution in [2.75, 3.05) is 25.4 Å². The van der Waals surface area contributed by atoms with Crippen molar-refractivity contribution in [1.82, 2.24) is 14.8 Å². The van der Waals surface area contributed by atoms with Crippen molar-refractivity contribution in [2.45, 2.75) is 19.0 Å². The minimum absolute atomic E-state index is 0.210. The molecule has 0 saturated heterocycles. The zero-order chi connectivity index (χ0) is 18.4. The topological polar surface area (TPSA) is 67.5 Å². The largest absolute Gasteiger partial charge is 0.391 e. The third kappa shape index (κ3) is 4.33. The average Bonchev–Trinajstić information content (AvgIpc) is 3.08. The Labute approximate surface area is 158 Å². The zero-order valence-corrected chi connectivity index (χ0v) is 16.0. The number of rotatable bonds is 8. The van der Waals surface area contributed by atoms with Gasteiger partial charge in [-0.05, 0) is 37.1 Å². The van der Waals surface area contributed by atoms with E-state index in [4.69, 9.17) is 5.11 Å². The van der Waals surface area contributed by atoms with Crippen LogP contribution in [0.25, 0.3) is 17.1 Å². The number of thioether (sulfide) groups is 1. The number of hydrogen-bond acceptors (Lipinski definition) is 4. The van der Waals surface area contributed by atoms with Gasteiger partial charge in [-0.15, -0.1) is 10.2 Å². The van der Waals surface area contributed by atoms with E-state index in [2.05, 4.69) is 64.3 Å². The second kappa shape index (κ2) is 8.98. The molecule has 0 aliphatic heterocycles. The van der Waals surface area contributed by atoms with Crippen LogP contribution in [0.1, 0.15) is 11.1 Å². The first-order valence-corrected chi connectivity index (χ1v) is 9.83. The number of aliphatic hydroxyl groups is 1. The number of benzene rings is 2. The van der Waals surface area contributed by atoms with Crippen molar-refractivity contribution < 1.29 is 10.4 Å². The number of nitrogens with two attached hydrogens (primary N) is 1. The van der Waals surface area contributed by atoms with Gasteiger partial charge in [-0.3, -0.25) is 4.57 Å². The lowest BCUT2D eigenvalue weighted by molar-refractivity contribution is -0.651. The van der Waals surface area contributed by atoms with Crippen molar-refractivity contribution in [3.8, 4) is 17.1 Å². The Morgan fingerprint density at radius 2 is 1.81 bits per heavy atom. The number of nitrogens with zero attached hydrogens (tertiary/aromatic N) is 3. The Balaban J connectivity index is 1.94. The van der Waals surface area contributed by atoms with Crippen LogP contribution in [0.3, 0.4) is 0 Å². The van der Waals surface area contributed by atoms with Crippen LogP contribution in [0.2, 0.25) is 0 Å². The standard InChI is InChI=1S/C20H24N4OS/c1-15-8-9-18(14-16(15)2)24-19(17-6-4-3-5-7-17)22-23-20(24)26-13-11-21-10-12-25/h3-9,14,21,25H,10-13H2,1-2H3/p+1. The third-order valence-corrected chi connectivity index (χ3v) is 5.26. The molecule has 3 aromatic rings. The summed E-state index contributed by atoms with van der Waals surface area (Å²) in [5.41, 5.74) is 4.66. The Morgan fingerprint density at radius 1 is 1.00 bits per heavy atom. The van der Waals surface area contributed by atoms with Gasteiger partial charge in [-0.25, -0.2) is 0 Å². The van der Waals surface area contributed by atoms with Gasteiger partial charge in [0.1, 0.15) is 0 Å². The highest BCUT2D eigenvalue weighted by molar-refractivity contribution is 7.99. The molecule has 0 amide bonds. The first-order valence-electron chi connectivity index (χ1n) is 8.84. The van der Waals surface area contributed by atoms with E-state index < -0.39 is 0 Å². The molecule has 0 saturated carbocycles. The lowest BCUT2D eigenvalue weighted by Crippen LogP contribution is -2.85. The maximum Gasteiger partial charge on any atom is 0.196 e. The quantitative estimate of drug-likeness (QED) is 0.472. The fourth-order valence-corrected chi connectivity index (χ4v) is 3.59. The molecule has 5 nitrogen and oxygen atoms in total. The molecule has 0 spiro atoms. The normalized spacial score (nSPS) is 11.0. The zero-order valence-electron chi connectivity index (χ0n) is 15.2. The Kier molecular flexibility index (Phi) is 6.44. The van der Waals surface area contributed by atoms with Crippen molar-refractivity contribution >= 4 is 11.8 Å². The van der Waals surface area contributed by atoms with Gasteiger partial charge in [0.05, 0.1) is 31.1 Å². The van der Waals surface area contributed by atoms with Crippen molar-refractivity contribution in [1.29, 1.82) is 0 Å². The number of aromatic nitrogens is 3. The van der Waals surface area contributed by atoms with Crippen LogP contribution in [-0.4, -0.2) is 45.3 Å². The fourth-order valence-electron chi connectivity index (χ4n) is 2.70. The van der Waals surface area contributed by atoms with Crippen LogP contribution >= 0.6 is 11.8 Å². The van der Waals surface area contributed by atoms with Gasteiger partial charge >= 0.3 is 0 Å². The van der Waals surface area contributed by atoms with E-state index in [0.29, 0.717) is 0 Å². The number of hydrogen-bond donors (Lipinski definition) is 2. The van der Waals surface area contributed by atoms with E-state index in [1.54, 1.807) is 11.8 Å². The highest BCUT2D eigenvalue weighted by Gasteiger charge is 2.16. The molecule has 3 N–H and O–H groups in total. The van der Waals surface area contributed by atoms with Gasteiger partial charge in [-0.1, -0.05) is 48.2 Å². The Hall–Kier alpha value is -2.15. The van der Waals surface area contributed by atoms with Crippen LogP contribution in [0.5, 0.6) is 0 Å². The number of quaternary nitrogens is 1. The summed E-state index contributed by atoms with van der Waals surface area (Å²) in [4.78, 5) is 0. The molecule has 0 unspecified atom stereocenters. The number of aryl methyl sites for hydroxylation is 2. The highest BCUT2D eigenvalue weighted by Crippen LogP contribution is 2.28. The smallest absolute Gasteiger partial charge is 0.196 e. The first-order chi connectivity index (χ1) is 12.7. The Morgan fingerprint density at radius 3 is 2.54 bits per heavy atom. The van der Waals surface area contributed by atoms with Gasteiger partial charge in [0, 0.05) is 5.56 Å². The minimum Gasteiger partial charge on any atom is -0.391 e. The van der Waals surface area contributed by atoms with Crippen LogP contribution in [-0.2, 0) is 0 Å². The average molecular weight is 370 g/mol. The summed E-state index contributed by atoms with van der Waals surface area (Å²) in [6, 6.07) is 16.6. The maximum absolute atomic E-state index is 8.89. The second-order valence-corrected chi connectivity index (χ2v) is 7.28. The second-order valence-electron chi connectivity index (χ2n) is 6.21. The van der Waals surface area contributed by atoms with E-state index in [-0.39, 0.29) is 6.61 Å². The molecular weight excluding hydrogens is 344 g/mol. The fraction of sp³-hybridized carbons (Fsp3) is 0.300. The molecule has 2 aromatic carbocycles. The van der Waals surface area contributed by atoms with E-state index in [9.17, 15) is 0 Å². The SMILES string of the molecule is Cc1ccc(-n2c(SCC[NH2+]CCO)nnc2-c2ccccc2)cc1C. The molecule has 136 valence electrons. The minimum atomic E-state index is 0.210. The maximum atomic E-state index is 8.89. The monoisotopic (exact) mass is 369 g/mol. The van der Waals surface area contributed by atoms with E-state index in [0.717, 1.165) is 41.1 Å². The van der Waals surface area contributed by atoms with Gasteiger partial charge < -0.3 is 10.4 Å². The van der Waals surface area contributed by atoms with Crippen LogP contribution in [0.4, 0.5) is 0 Å².